The largest absolute Gasteiger partial charge is 0.299 e. The molecule has 1 fully saturated rings. The molecule has 1 saturated heterocycles. The molecule has 0 radical (unpaired) electrons. The van der Waals surface area contributed by atoms with E-state index < -0.39 is 9.84 Å². The van der Waals surface area contributed by atoms with Gasteiger partial charge in [0.05, 0.1) is 11.5 Å². The van der Waals surface area contributed by atoms with Crippen molar-refractivity contribution in [2.24, 2.45) is 0 Å². The molecule has 0 bridgehead atoms. The zero-order chi connectivity index (χ0) is 12.5. The fourth-order valence-electron chi connectivity index (χ4n) is 2.19. The summed E-state index contributed by atoms with van der Waals surface area (Å²) in [6.45, 7) is 2.07. The van der Waals surface area contributed by atoms with E-state index in [1.54, 1.807) is 0 Å². The molecule has 0 amide bonds. The highest BCUT2D eigenvalue weighted by Crippen LogP contribution is 2.28. The van der Waals surface area contributed by atoms with Crippen molar-refractivity contribution in [2.45, 2.75) is 38.6 Å². The zero-order valence-corrected chi connectivity index (χ0v) is 11.3. The van der Waals surface area contributed by atoms with Crippen molar-refractivity contribution < 1.29 is 8.42 Å². The molecular formula is C10H16ClN3O2S. The number of hydrogen-bond donors (Lipinski definition) is 0. The number of aromatic nitrogens is 3. The van der Waals surface area contributed by atoms with Crippen LogP contribution in [0.5, 0.6) is 0 Å². The van der Waals surface area contributed by atoms with Crippen LogP contribution < -0.4 is 0 Å². The Balaban J connectivity index is 2.20. The number of rotatable bonds is 3. The molecule has 0 unspecified atom stereocenters. The van der Waals surface area contributed by atoms with Gasteiger partial charge in [-0.1, -0.05) is 6.92 Å². The summed E-state index contributed by atoms with van der Waals surface area (Å²) in [5.74, 6) is 1.33. The molecule has 0 saturated carbocycles. The second-order valence-corrected chi connectivity index (χ2v) is 7.03. The Morgan fingerprint density at radius 1 is 1.35 bits per heavy atom. The first-order valence-electron chi connectivity index (χ1n) is 5.83. The molecule has 1 aliphatic heterocycles. The average molecular weight is 278 g/mol. The van der Waals surface area contributed by atoms with Crippen molar-refractivity contribution in [1.82, 2.24) is 14.8 Å². The molecule has 0 N–H and O–H groups in total. The van der Waals surface area contributed by atoms with Gasteiger partial charge in [-0.05, 0) is 30.9 Å². The van der Waals surface area contributed by atoms with Gasteiger partial charge in [0.1, 0.15) is 15.7 Å². The van der Waals surface area contributed by atoms with Gasteiger partial charge >= 0.3 is 0 Å². The highest BCUT2D eigenvalue weighted by atomic mass is 35.5. The van der Waals surface area contributed by atoms with E-state index in [9.17, 15) is 8.42 Å². The third kappa shape index (κ3) is 2.80. The van der Waals surface area contributed by atoms with Crippen molar-refractivity contribution in [1.29, 1.82) is 0 Å². The topological polar surface area (TPSA) is 64.8 Å². The lowest BCUT2D eigenvalue weighted by Crippen LogP contribution is -2.26. The maximum atomic E-state index is 11.4. The number of sulfone groups is 1. The highest BCUT2D eigenvalue weighted by Gasteiger charge is 2.27. The quantitative estimate of drug-likeness (QED) is 0.842. The van der Waals surface area contributed by atoms with Gasteiger partial charge in [0.25, 0.3) is 0 Å². The first kappa shape index (κ1) is 12.8. The van der Waals surface area contributed by atoms with Gasteiger partial charge in [0.2, 0.25) is 5.28 Å². The minimum Gasteiger partial charge on any atom is -0.299 e. The van der Waals surface area contributed by atoms with E-state index in [0.29, 0.717) is 18.1 Å². The molecule has 2 heterocycles. The summed E-state index contributed by atoms with van der Waals surface area (Å²) in [5, 5.41) is 8.30. The van der Waals surface area contributed by atoms with Gasteiger partial charge in [-0.25, -0.2) is 8.42 Å². The van der Waals surface area contributed by atoms with Crippen LogP contribution in [0.25, 0.3) is 0 Å². The van der Waals surface area contributed by atoms with Gasteiger partial charge in [0.15, 0.2) is 0 Å². The molecule has 5 nitrogen and oxygen atoms in total. The molecule has 1 aromatic heterocycles. The van der Waals surface area contributed by atoms with Gasteiger partial charge < -0.3 is 0 Å². The third-order valence-electron chi connectivity index (χ3n) is 3.09. The molecule has 17 heavy (non-hydrogen) atoms. The SMILES string of the molecule is CCCc1nnc(Cl)n1C1CCS(=O)(=O)CC1. The van der Waals surface area contributed by atoms with Crippen molar-refractivity contribution in [3.8, 4) is 0 Å². The monoisotopic (exact) mass is 277 g/mol. The molecule has 0 spiro atoms. The van der Waals surface area contributed by atoms with Crippen LogP contribution in [0.1, 0.15) is 38.1 Å². The maximum absolute atomic E-state index is 11.4. The Labute approximate surface area is 106 Å². The van der Waals surface area contributed by atoms with Crippen molar-refractivity contribution in [3.05, 3.63) is 11.1 Å². The molecule has 2 rings (SSSR count). The third-order valence-corrected chi connectivity index (χ3v) is 5.06. The van der Waals surface area contributed by atoms with Crippen LogP contribution in [0.2, 0.25) is 5.28 Å². The fourth-order valence-corrected chi connectivity index (χ4v) is 3.93. The van der Waals surface area contributed by atoms with Crippen LogP contribution in [0.3, 0.4) is 0 Å². The Kier molecular flexibility index (Phi) is 3.73. The van der Waals surface area contributed by atoms with E-state index in [0.717, 1.165) is 18.7 Å². The van der Waals surface area contributed by atoms with E-state index in [2.05, 4.69) is 17.1 Å². The Hall–Kier alpha value is -0.620. The summed E-state index contributed by atoms with van der Waals surface area (Å²) in [7, 11) is -2.84. The van der Waals surface area contributed by atoms with Crippen molar-refractivity contribution in [2.75, 3.05) is 11.5 Å². The van der Waals surface area contributed by atoms with Gasteiger partial charge in [-0.3, -0.25) is 4.57 Å². The van der Waals surface area contributed by atoms with Crippen LogP contribution in [0, 0.1) is 0 Å². The maximum Gasteiger partial charge on any atom is 0.225 e. The summed E-state index contributed by atoms with van der Waals surface area (Å²) in [5.41, 5.74) is 0. The molecule has 1 aromatic rings. The summed E-state index contributed by atoms with van der Waals surface area (Å²) < 4.78 is 24.7. The average Bonchev–Trinajstić information content (AvgIpc) is 2.61. The Morgan fingerprint density at radius 3 is 2.59 bits per heavy atom. The normalized spacial score (nSPS) is 20.6. The number of hydrogen-bond acceptors (Lipinski definition) is 4. The molecular weight excluding hydrogens is 262 g/mol. The minimum absolute atomic E-state index is 0.127. The van der Waals surface area contributed by atoms with Crippen LogP contribution in [-0.2, 0) is 16.3 Å². The van der Waals surface area contributed by atoms with Crippen LogP contribution in [0.4, 0.5) is 0 Å². The lowest BCUT2D eigenvalue weighted by molar-refractivity contribution is 0.435. The van der Waals surface area contributed by atoms with E-state index in [1.165, 1.54) is 0 Å². The van der Waals surface area contributed by atoms with Gasteiger partial charge in [-0.15, -0.1) is 10.2 Å². The molecule has 0 atom stereocenters. The summed E-state index contributed by atoms with van der Waals surface area (Å²) in [4.78, 5) is 0. The van der Waals surface area contributed by atoms with Crippen LogP contribution >= 0.6 is 11.6 Å². The van der Waals surface area contributed by atoms with Crippen molar-refractivity contribution in [3.63, 3.8) is 0 Å². The lowest BCUT2D eigenvalue weighted by Gasteiger charge is -2.24. The number of halogens is 1. The molecule has 96 valence electrons. The van der Waals surface area contributed by atoms with E-state index in [-0.39, 0.29) is 17.5 Å². The highest BCUT2D eigenvalue weighted by molar-refractivity contribution is 7.91. The standard InChI is InChI=1S/C10H16ClN3O2S/c1-2-3-9-12-13-10(11)14(9)8-4-6-17(15,16)7-5-8/h8H,2-7H2,1H3. The number of nitrogens with zero attached hydrogens (tertiary/aromatic N) is 3. The summed E-state index contributed by atoms with van der Waals surface area (Å²) >= 11 is 6.03. The molecule has 0 aliphatic carbocycles. The molecule has 7 heteroatoms. The van der Waals surface area contributed by atoms with Gasteiger partial charge in [-0.2, -0.15) is 0 Å². The molecule has 1 aliphatic rings. The van der Waals surface area contributed by atoms with Crippen LogP contribution in [-0.4, -0.2) is 34.7 Å². The second-order valence-electron chi connectivity index (χ2n) is 4.39. The fraction of sp³-hybridized carbons (Fsp3) is 0.800. The Bertz CT molecular complexity index is 484. The first-order chi connectivity index (χ1) is 8.03. The van der Waals surface area contributed by atoms with E-state index in [4.69, 9.17) is 11.6 Å². The predicted octanol–water partition coefficient (Wildman–Crippen LogP) is 1.63. The second kappa shape index (κ2) is 4.94. The Morgan fingerprint density at radius 2 is 2.00 bits per heavy atom. The molecule has 0 aromatic carbocycles. The van der Waals surface area contributed by atoms with Crippen LogP contribution in [0.15, 0.2) is 0 Å². The minimum atomic E-state index is -2.84. The number of aryl methyl sites for hydroxylation is 1. The smallest absolute Gasteiger partial charge is 0.225 e. The summed E-state index contributed by atoms with van der Waals surface area (Å²) in [6.07, 6.45) is 3.01. The van der Waals surface area contributed by atoms with E-state index >= 15 is 0 Å². The van der Waals surface area contributed by atoms with E-state index in [1.807, 2.05) is 4.57 Å². The lowest BCUT2D eigenvalue weighted by atomic mass is 10.1. The predicted molar refractivity (Wildman–Crippen MR) is 66.0 cm³/mol. The summed E-state index contributed by atoms with van der Waals surface area (Å²) in [6, 6.07) is 0.127. The van der Waals surface area contributed by atoms with Crippen molar-refractivity contribution >= 4 is 21.4 Å². The first-order valence-corrected chi connectivity index (χ1v) is 8.03. The van der Waals surface area contributed by atoms with Gasteiger partial charge in [0, 0.05) is 12.5 Å². The zero-order valence-electron chi connectivity index (χ0n) is 9.76.